The van der Waals surface area contributed by atoms with Crippen LogP contribution in [0.25, 0.3) is 6.08 Å². The number of methoxy groups -OCH3 is 1. The molecule has 2 aromatic carbocycles. The number of hydrogen-bond donors (Lipinski definition) is 1. The van der Waals surface area contributed by atoms with Crippen LogP contribution in [0.5, 0.6) is 5.75 Å². The number of ether oxygens (including phenoxy) is 1. The lowest BCUT2D eigenvalue weighted by molar-refractivity contribution is -0.111. The first kappa shape index (κ1) is 21.1. The van der Waals surface area contributed by atoms with E-state index in [0.29, 0.717) is 24.5 Å². The molecule has 0 atom stereocenters. The van der Waals surface area contributed by atoms with E-state index < -0.39 is 10.0 Å². The molecule has 1 fully saturated rings. The standard InChI is InChI=1S/C22H26N2O4S/c1-28-20-8-6-7-18(17-20)9-14-22(25)23-19-10-12-21(13-11-19)29(26,27)24-15-4-2-3-5-16-24/h6-14,17H,2-5,15-16H2,1H3,(H,23,25)/b14-9+. The van der Waals surface area contributed by atoms with Gasteiger partial charge in [-0.3, -0.25) is 4.79 Å². The van der Waals surface area contributed by atoms with Gasteiger partial charge in [-0.25, -0.2) is 8.42 Å². The number of anilines is 1. The molecule has 0 aliphatic carbocycles. The summed E-state index contributed by atoms with van der Waals surface area (Å²) < 4.78 is 32.3. The number of amides is 1. The zero-order chi connectivity index (χ0) is 20.7. The molecule has 1 aliphatic heterocycles. The molecule has 3 rings (SSSR count). The third-order valence-electron chi connectivity index (χ3n) is 4.85. The normalized spacial score (nSPS) is 15.8. The predicted molar refractivity (Wildman–Crippen MR) is 114 cm³/mol. The number of carbonyl (C=O) groups is 1. The zero-order valence-corrected chi connectivity index (χ0v) is 17.3. The molecule has 1 heterocycles. The maximum Gasteiger partial charge on any atom is 0.248 e. The SMILES string of the molecule is COc1cccc(/C=C/C(=O)Nc2ccc(S(=O)(=O)N3CCCCCC3)cc2)c1. The molecule has 0 radical (unpaired) electrons. The van der Waals surface area contributed by atoms with Crippen molar-refractivity contribution in [2.24, 2.45) is 0 Å². The molecule has 0 saturated carbocycles. The molecule has 0 unspecified atom stereocenters. The van der Waals surface area contributed by atoms with E-state index in [4.69, 9.17) is 4.74 Å². The molecule has 1 aliphatic rings. The second-order valence-corrected chi connectivity index (χ2v) is 8.88. The van der Waals surface area contributed by atoms with E-state index in [1.165, 1.54) is 6.08 Å². The molecular formula is C22H26N2O4S. The minimum absolute atomic E-state index is 0.254. The second kappa shape index (κ2) is 9.71. The van der Waals surface area contributed by atoms with Crippen LogP contribution >= 0.6 is 0 Å². The summed E-state index contributed by atoms with van der Waals surface area (Å²) in [6, 6.07) is 13.7. The zero-order valence-electron chi connectivity index (χ0n) is 16.5. The Labute approximate surface area is 172 Å². The van der Waals surface area contributed by atoms with Gasteiger partial charge in [-0.2, -0.15) is 4.31 Å². The summed E-state index contributed by atoms with van der Waals surface area (Å²) in [4.78, 5) is 12.4. The highest BCUT2D eigenvalue weighted by Crippen LogP contribution is 2.22. The van der Waals surface area contributed by atoms with Gasteiger partial charge in [0.1, 0.15) is 5.75 Å². The van der Waals surface area contributed by atoms with Gasteiger partial charge in [0.25, 0.3) is 0 Å². The highest BCUT2D eigenvalue weighted by molar-refractivity contribution is 7.89. The van der Waals surface area contributed by atoms with Crippen molar-refractivity contribution >= 4 is 27.7 Å². The average Bonchev–Trinajstić information content (AvgIpc) is 3.03. The summed E-state index contributed by atoms with van der Waals surface area (Å²) in [6.45, 7) is 1.13. The van der Waals surface area contributed by atoms with Crippen LogP contribution < -0.4 is 10.1 Å². The smallest absolute Gasteiger partial charge is 0.248 e. The summed E-state index contributed by atoms with van der Waals surface area (Å²) in [5.41, 5.74) is 1.39. The van der Waals surface area contributed by atoms with Crippen molar-refractivity contribution in [1.82, 2.24) is 4.31 Å². The summed E-state index contributed by atoms with van der Waals surface area (Å²) in [7, 11) is -1.90. The van der Waals surface area contributed by atoms with E-state index in [2.05, 4.69) is 5.32 Å². The van der Waals surface area contributed by atoms with Crippen LogP contribution in [0.15, 0.2) is 59.5 Å². The summed E-state index contributed by atoms with van der Waals surface area (Å²) in [5, 5.41) is 2.74. The quantitative estimate of drug-likeness (QED) is 0.727. The molecule has 1 N–H and O–H groups in total. The molecule has 0 spiro atoms. The Kier molecular flexibility index (Phi) is 7.06. The van der Waals surface area contributed by atoms with Crippen molar-refractivity contribution in [2.75, 3.05) is 25.5 Å². The van der Waals surface area contributed by atoms with Gasteiger partial charge < -0.3 is 10.1 Å². The topological polar surface area (TPSA) is 75.7 Å². The number of benzene rings is 2. The van der Waals surface area contributed by atoms with E-state index in [0.717, 1.165) is 31.2 Å². The molecule has 29 heavy (non-hydrogen) atoms. The summed E-state index contributed by atoms with van der Waals surface area (Å²) in [6.07, 6.45) is 7.05. The lowest BCUT2D eigenvalue weighted by Crippen LogP contribution is -2.31. The van der Waals surface area contributed by atoms with Gasteiger partial charge >= 0.3 is 0 Å². The van der Waals surface area contributed by atoms with E-state index in [-0.39, 0.29) is 10.8 Å². The highest BCUT2D eigenvalue weighted by atomic mass is 32.2. The van der Waals surface area contributed by atoms with Crippen LogP contribution in [0, 0.1) is 0 Å². The fourth-order valence-corrected chi connectivity index (χ4v) is 4.76. The Morgan fingerprint density at radius 1 is 1.03 bits per heavy atom. The number of carbonyl (C=O) groups excluding carboxylic acids is 1. The molecule has 0 bridgehead atoms. The summed E-state index contributed by atoms with van der Waals surface area (Å²) in [5.74, 6) is 0.421. The Bertz CT molecular complexity index is 961. The lowest BCUT2D eigenvalue weighted by Gasteiger charge is -2.20. The van der Waals surface area contributed by atoms with Crippen molar-refractivity contribution in [3.05, 3.63) is 60.2 Å². The lowest BCUT2D eigenvalue weighted by atomic mass is 10.2. The first-order chi connectivity index (χ1) is 14.0. The first-order valence-corrected chi connectivity index (χ1v) is 11.2. The molecule has 2 aromatic rings. The van der Waals surface area contributed by atoms with Gasteiger partial charge in [-0.1, -0.05) is 25.0 Å². The third kappa shape index (κ3) is 5.68. The summed E-state index contributed by atoms with van der Waals surface area (Å²) >= 11 is 0. The molecule has 1 saturated heterocycles. The van der Waals surface area contributed by atoms with Gasteiger partial charge in [0, 0.05) is 24.9 Å². The van der Waals surface area contributed by atoms with E-state index in [1.807, 2.05) is 24.3 Å². The number of nitrogens with one attached hydrogen (secondary N) is 1. The average molecular weight is 415 g/mol. The number of hydrogen-bond acceptors (Lipinski definition) is 4. The minimum Gasteiger partial charge on any atom is -0.497 e. The molecule has 1 amide bonds. The largest absolute Gasteiger partial charge is 0.497 e. The van der Waals surface area contributed by atoms with Crippen molar-refractivity contribution in [2.45, 2.75) is 30.6 Å². The molecule has 7 heteroatoms. The van der Waals surface area contributed by atoms with Crippen molar-refractivity contribution < 1.29 is 17.9 Å². The predicted octanol–water partition coefficient (Wildman–Crippen LogP) is 3.91. The maximum absolute atomic E-state index is 12.8. The number of sulfonamides is 1. The van der Waals surface area contributed by atoms with Crippen LogP contribution in [0.1, 0.15) is 31.2 Å². The van der Waals surface area contributed by atoms with E-state index >= 15 is 0 Å². The van der Waals surface area contributed by atoms with Gasteiger partial charge in [-0.15, -0.1) is 0 Å². The van der Waals surface area contributed by atoms with Crippen LogP contribution in [-0.2, 0) is 14.8 Å². The van der Waals surface area contributed by atoms with E-state index in [9.17, 15) is 13.2 Å². The van der Waals surface area contributed by atoms with Crippen LogP contribution in [-0.4, -0.2) is 38.8 Å². The van der Waals surface area contributed by atoms with Crippen molar-refractivity contribution in [1.29, 1.82) is 0 Å². The maximum atomic E-state index is 12.8. The Morgan fingerprint density at radius 3 is 2.38 bits per heavy atom. The van der Waals surface area contributed by atoms with Gasteiger partial charge in [0.15, 0.2) is 0 Å². The van der Waals surface area contributed by atoms with Crippen LogP contribution in [0.2, 0.25) is 0 Å². The number of rotatable bonds is 6. The highest BCUT2D eigenvalue weighted by Gasteiger charge is 2.24. The van der Waals surface area contributed by atoms with Gasteiger partial charge in [0.2, 0.25) is 15.9 Å². The molecule has 6 nitrogen and oxygen atoms in total. The molecule has 154 valence electrons. The van der Waals surface area contributed by atoms with Crippen LogP contribution in [0.3, 0.4) is 0 Å². The second-order valence-electron chi connectivity index (χ2n) is 6.94. The minimum atomic E-state index is -3.49. The molecule has 0 aromatic heterocycles. The first-order valence-electron chi connectivity index (χ1n) is 9.72. The fraction of sp³-hybridized carbons (Fsp3) is 0.318. The van der Waals surface area contributed by atoms with E-state index in [1.54, 1.807) is 41.8 Å². The Hall–Kier alpha value is -2.64. The van der Waals surface area contributed by atoms with Gasteiger partial charge in [-0.05, 0) is 60.9 Å². The van der Waals surface area contributed by atoms with Crippen molar-refractivity contribution in [3.8, 4) is 5.75 Å². The fourth-order valence-electron chi connectivity index (χ4n) is 3.24. The third-order valence-corrected chi connectivity index (χ3v) is 6.76. The van der Waals surface area contributed by atoms with Gasteiger partial charge in [0.05, 0.1) is 12.0 Å². The Morgan fingerprint density at radius 2 is 1.72 bits per heavy atom. The Balaban J connectivity index is 1.63. The van der Waals surface area contributed by atoms with Crippen LogP contribution in [0.4, 0.5) is 5.69 Å². The number of nitrogens with zero attached hydrogens (tertiary/aromatic N) is 1. The monoisotopic (exact) mass is 414 g/mol. The van der Waals surface area contributed by atoms with Crippen molar-refractivity contribution in [3.63, 3.8) is 0 Å². The molecular weight excluding hydrogens is 388 g/mol.